The van der Waals surface area contributed by atoms with E-state index < -0.39 is 38.4 Å². The Morgan fingerprint density at radius 1 is 1.19 bits per heavy atom. The van der Waals surface area contributed by atoms with Crippen molar-refractivity contribution in [2.24, 2.45) is 5.10 Å². The van der Waals surface area contributed by atoms with Crippen LogP contribution < -0.4 is 5.43 Å². The molecule has 0 amide bonds. The lowest BCUT2D eigenvalue weighted by Crippen LogP contribution is -2.50. The molecule has 36 heavy (non-hydrogen) atoms. The van der Waals surface area contributed by atoms with Gasteiger partial charge in [0.2, 0.25) is 15.9 Å². The Labute approximate surface area is 208 Å². The van der Waals surface area contributed by atoms with E-state index in [0.29, 0.717) is 18.4 Å². The summed E-state index contributed by atoms with van der Waals surface area (Å²) in [6, 6.07) is 10.3. The Bertz CT molecular complexity index is 1290. The molecule has 1 aliphatic heterocycles. The number of hydrogen-bond acceptors (Lipinski definition) is 7. The van der Waals surface area contributed by atoms with Crippen LogP contribution in [0.2, 0.25) is 0 Å². The minimum Gasteiger partial charge on any atom is -0.411 e. The second kappa shape index (κ2) is 10.1. The Morgan fingerprint density at radius 3 is 2.50 bits per heavy atom. The second-order valence-electron chi connectivity index (χ2n) is 9.17. The van der Waals surface area contributed by atoms with Crippen LogP contribution in [0.25, 0.3) is 0 Å². The summed E-state index contributed by atoms with van der Waals surface area (Å²) in [5.41, 5.74) is 1.34. The number of rotatable bonds is 7. The fraction of sp³-hybridized carbons (Fsp3) is 0.400. The zero-order chi connectivity index (χ0) is 26.1. The number of ether oxygens (including phenoxy) is 1. The van der Waals surface area contributed by atoms with Gasteiger partial charge in [0.15, 0.2) is 0 Å². The first-order chi connectivity index (χ1) is 17.1. The third-order valence-corrected chi connectivity index (χ3v) is 9.32. The molecule has 1 aliphatic carbocycles. The first-order valence-corrected chi connectivity index (χ1v) is 13.0. The highest BCUT2D eigenvalue weighted by Gasteiger charge is 2.53. The predicted octanol–water partition coefficient (Wildman–Crippen LogP) is 3.33. The van der Waals surface area contributed by atoms with Crippen molar-refractivity contribution in [1.29, 1.82) is 0 Å². The van der Waals surface area contributed by atoms with E-state index in [0.717, 1.165) is 12.1 Å². The van der Waals surface area contributed by atoms with E-state index in [-0.39, 0.29) is 48.7 Å². The third kappa shape index (κ3) is 4.53. The van der Waals surface area contributed by atoms with E-state index in [2.05, 4.69) is 10.5 Å². The topological polar surface area (TPSA) is 105 Å². The molecule has 2 aromatic rings. The van der Waals surface area contributed by atoms with Gasteiger partial charge in [-0.25, -0.2) is 17.2 Å². The lowest BCUT2D eigenvalue weighted by molar-refractivity contribution is -0.129. The number of Topliss-reactive ketones (excluding diaryl/α,β-unsaturated/α-hetero) is 1. The van der Waals surface area contributed by atoms with Gasteiger partial charge in [-0.05, 0) is 37.5 Å². The number of carbonyl (C=O) groups is 2. The Hall–Kier alpha value is -3.18. The van der Waals surface area contributed by atoms with Crippen LogP contribution >= 0.6 is 0 Å². The zero-order valence-corrected chi connectivity index (χ0v) is 20.7. The Balaban J connectivity index is 1.69. The number of halogens is 2. The maximum atomic E-state index is 15.4. The number of benzene rings is 2. The van der Waals surface area contributed by atoms with Crippen molar-refractivity contribution in [2.45, 2.75) is 55.9 Å². The fourth-order valence-corrected chi connectivity index (χ4v) is 7.26. The lowest BCUT2D eigenvalue weighted by atomic mass is 9.63. The van der Waals surface area contributed by atoms with E-state index >= 15 is 8.78 Å². The highest BCUT2D eigenvalue weighted by molar-refractivity contribution is 7.89. The number of hydrogen-bond donors (Lipinski definition) is 1. The fourth-order valence-electron chi connectivity index (χ4n) is 5.07. The van der Waals surface area contributed by atoms with Gasteiger partial charge in [-0.15, -0.1) is 5.10 Å². The molecule has 4 rings (SSSR count). The number of sulfonamides is 1. The molecule has 0 bridgehead atoms. The van der Waals surface area contributed by atoms with Crippen molar-refractivity contribution in [3.63, 3.8) is 0 Å². The number of ketones is 1. The Morgan fingerprint density at radius 2 is 1.89 bits per heavy atom. The van der Waals surface area contributed by atoms with Gasteiger partial charge in [-0.3, -0.25) is 9.59 Å². The number of hydrazone groups is 1. The van der Waals surface area contributed by atoms with E-state index in [1.165, 1.54) is 11.4 Å². The molecule has 0 aromatic heterocycles. The molecule has 2 aromatic carbocycles. The van der Waals surface area contributed by atoms with Crippen molar-refractivity contribution >= 4 is 28.2 Å². The van der Waals surface area contributed by atoms with Crippen LogP contribution in [0, 0.1) is 11.6 Å². The van der Waals surface area contributed by atoms with Crippen LogP contribution in [0.4, 0.5) is 8.78 Å². The van der Waals surface area contributed by atoms with Crippen molar-refractivity contribution in [3.05, 3.63) is 70.8 Å². The predicted molar refractivity (Wildman–Crippen MR) is 128 cm³/mol. The van der Waals surface area contributed by atoms with E-state index in [1.807, 2.05) is 0 Å². The summed E-state index contributed by atoms with van der Waals surface area (Å²) in [6.45, 7) is 1.51. The molecule has 2 atom stereocenters. The standard InChI is InChI=1S/C25H27F2N3O5S/c1-16-8-9-23(17-6-4-3-5-7-17)36(33,34)30(16)14-18-10-22(27)20(11-21(18)26)25(12-19(32)13-25)24(29-28-2)35-15-31/h3-7,10-11,15-16,23,28H,8-9,12-14H2,1-2H3/b29-24-/t16-,23+/m0/s1. The van der Waals surface area contributed by atoms with Gasteiger partial charge in [0.05, 0.1) is 5.41 Å². The smallest absolute Gasteiger partial charge is 0.299 e. The van der Waals surface area contributed by atoms with Crippen LogP contribution in [-0.2, 0) is 36.3 Å². The average molecular weight is 520 g/mol. The van der Waals surface area contributed by atoms with Crippen LogP contribution in [0.5, 0.6) is 0 Å². The highest BCUT2D eigenvalue weighted by atomic mass is 32.2. The van der Waals surface area contributed by atoms with Crippen molar-refractivity contribution < 1.29 is 31.5 Å². The normalized spacial score (nSPS) is 23.6. The van der Waals surface area contributed by atoms with Gasteiger partial charge in [0, 0.05) is 43.6 Å². The molecule has 0 spiro atoms. The molecule has 0 unspecified atom stereocenters. The molecule has 1 N–H and O–H groups in total. The summed E-state index contributed by atoms with van der Waals surface area (Å²) in [5, 5.41) is 3.08. The zero-order valence-electron chi connectivity index (χ0n) is 19.9. The summed E-state index contributed by atoms with van der Waals surface area (Å²) in [6.07, 6.45) is 0.570. The minimum absolute atomic E-state index is 0.106. The van der Waals surface area contributed by atoms with Crippen LogP contribution in [0.15, 0.2) is 47.6 Å². The average Bonchev–Trinajstić information content (AvgIpc) is 2.82. The van der Waals surface area contributed by atoms with Gasteiger partial charge in [0.1, 0.15) is 22.7 Å². The van der Waals surface area contributed by atoms with Gasteiger partial charge >= 0.3 is 0 Å². The largest absolute Gasteiger partial charge is 0.411 e. The maximum absolute atomic E-state index is 15.4. The number of carbonyl (C=O) groups excluding carboxylic acids is 2. The number of nitrogens with one attached hydrogen (secondary N) is 1. The molecular formula is C25H27F2N3O5S. The lowest BCUT2D eigenvalue weighted by Gasteiger charge is -2.40. The van der Waals surface area contributed by atoms with Crippen molar-refractivity contribution in [2.75, 3.05) is 7.05 Å². The molecular weight excluding hydrogens is 492 g/mol. The minimum atomic E-state index is -3.85. The summed E-state index contributed by atoms with van der Waals surface area (Å²) in [5.74, 6) is -2.15. The van der Waals surface area contributed by atoms with Gasteiger partial charge in [0.25, 0.3) is 6.47 Å². The maximum Gasteiger partial charge on any atom is 0.299 e. The second-order valence-corrected chi connectivity index (χ2v) is 11.2. The summed E-state index contributed by atoms with van der Waals surface area (Å²) < 4.78 is 63.9. The SMILES string of the molecule is CN/N=C(\OC=O)C1(c2cc(F)c(CN3[C@@H](C)CC[C@H](c4ccccc4)S3(=O)=O)cc2F)CC(=O)C1. The quantitative estimate of drug-likeness (QED) is 0.260. The molecule has 1 heterocycles. The van der Waals surface area contributed by atoms with Crippen molar-refractivity contribution in [1.82, 2.24) is 9.73 Å². The molecule has 1 saturated heterocycles. The van der Waals surface area contributed by atoms with E-state index in [4.69, 9.17) is 4.74 Å². The van der Waals surface area contributed by atoms with Gasteiger partial charge < -0.3 is 10.2 Å². The first-order valence-electron chi connectivity index (χ1n) is 11.5. The molecule has 192 valence electrons. The van der Waals surface area contributed by atoms with Crippen LogP contribution in [0.3, 0.4) is 0 Å². The van der Waals surface area contributed by atoms with Gasteiger partial charge in [-0.2, -0.15) is 4.31 Å². The molecule has 8 nitrogen and oxygen atoms in total. The Kier molecular flexibility index (Phi) is 7.24. The number of nitrogens with zero attached hydrogens (tertiary/aromatic N) is 2. The summed E-state index contributed by atoms with van der Waals surface area (Å²) in [4.78, 5) is 22.9. The summed E-state index contributed by atoms with van der Waals surface area (Å²) in [7, 11) is -2.41. The van der Waals surface area contributed by atoms with Crippen LogP contribution in [-0.4, -0.2) is 44.0 Å². The molecule has 1 saturated carbocycles. The van der Waals surface area contributed by atoms with Crippen molar-refractivity contribution in [3.8, 4) is 0 Å². The van der Waals surface area contributed by atoms with E-state index in [9.17, 15) is 18.0 Å². The van der Waals surface area contributed by atoms with Crippen LogP contribution in [0.1, 0.15) is 54.5 Å². The van der Waals surface area contributed by atoms with Gasteiger partial charge in [-0.1, -0.05) is 30.3 Å². The monoisotopic (exact) mass is 519 g/mol. The molecule has 11 heteroatoms. The summed E-state index contributed by atoms with van der Waals surface area (Å²) >= 11 is 0. The van der Waals surface area contributed by atoms with E-state index in [1.54, 1.807) is 37.3 Å². The third-order valence-electron chi connectivity index (χ3n) is 6.95. The highest BCUT2D eigenvalue weighted by Crippen LogP contribution is 2.45. The molecule has 2 fully saturated rings. The molecule has 2 aliphatic rings. The first kappa shape index (κ1) is 25.9. The molecule has 0 radical (unpaired) electrons.